The lowest BCUT2D eigenvalue weighted by atomic mass is 9.51. The summed E-state index contributed by atoms with van der Waals surface area (Å²) < 4.78 is 16.7. The summed E-state index contributed by atoms with van der Waals surface area (Å²) in [5, 5.41) is 9.16. The van der Waals surface area contributed by atoms with E-state index >= 15 is 0 Å². The Morgan fingerprint density at radius 3 is 2.55 bits per heavy atom. The number of piperidine rings is 2. The summed E-state index contributed by atoms with van der Waals surface area (Å²) in [5.41, 5.74) is 1.04. The largest absolute Gasteiger partial charge is 0.493 e. The van der Waals surface area contributed by atoms with Gasteiger partial charge in [0.1, 0.15) is 6.61 Å². The van der Waals surface area contributed by atoms with Crippen molar-refractivity contribution >= 4 is 29.3 Å². The second-order valence-corrected chi connectivity index (χ2v) is 9.51. The maximum Gasteiger partial charge on any atom is 0.329 e. The smallest absolute Gasteiger partial charge is 0.329 e. The molecule has 4 heterocycles. The number of carboxylic acids is 1. The van der Waals surface area contributed by atoms with Crippen LogP contribution >= 0.6 is 0 Å². The number of aliphatic carboxylic acids is 1. The van der Waals surface area contributed by atoms with Crippen molar-refractivity contribution in [3.63, 3.8) is 0 Å². The van der Waals surface area contributed by atoms with Crippen molar-refractivity contribution in [2.75, 3.05) is 32.3 Å². The van der Waals surface area contributed by atoms with E-state index in [-0.39, 0.29) is 18.2 Å². The molecule has 1 aliphatic carbocycles. The highest BCUT2D eigenvalue weighted by atomic mass is 16.5. The van der Waals surface area contributed by atoms with Gasteiger partial charge in [0, 0.05) is 30.4 Å². The van der Waals surface area contributed by atoms with Crippen molar-refractivity contribution in [1.82, 2.24) is 4.90 Å². The molecule has 4 fully saturated rings. The number of hydrogen-bond acceptors (Lipinski definition) is 7. The fraction of sp³-hybridized carbons (Fsp3) is 0.565. The Morgan fingerprint density at radius 2 is 1.91 bits per heavy atom. The zero-order valence-electron chi connectivity index (χ0n) is 18.3. The molecular formula is C23H24N2O8. The molecule has 3 saturated heterocycles. The molecule has 2 amide bonds. The Hall–Kier alpha value is -3.14. The van der Waals surface area contributed by atoms with Crippen molar-refractivity contribution in [1.29, 1.82) is 0 Å². The first-order valence-corrected chi connectivity index (χ1v) is 11.1. The van der Waals surface area contributed by atoms with Crippen LogP contribution in [0.5, 0.6) is 11.5 Å². The number of carbonyl (C=O) groups is 4. The second-order valence-electron chi connectivity index (χ2n) is 9.51. The van der Waals surface area contributed by atoms with Gasteiger partial charge >= 0.3 is 5.97 Å². The molecule has 1 saturated carbocycles. The van der Waals surface area contributed by atoms with Gasteiger partial charge in [-0.2, -0.15) is 0 Å². The van der Waals surface area contributed by atoms with E-state index in [1.165, 1.54) is 7.11 Å². The first-order valence-electron chi connectivity index (χ1n) is 11.1. The number of methoxy groups -OCH3 is 2. The number of fused-ring (bicyclic) bond motifs is 5. The highest BCUT2D eigenvalue weighted by Crippen LogP contribution is 2.65. The fourth-order valence-corrected chi connectivity index (χ4v) is 7.16. The molecule has 1 N–H and O–H groups in total. The van der Waals surface area contributed by atoms with Crippen LogP contribution in [0.4, 0.5) is 5.69 Å². The minimum Gasteiger partial charge on any atom is -0.493 e. The molecule has 5 aliphatic rings. The number of rotatable bonds is 5. The summed E-state index contributed by atoms with van der Waals surface area (Å²) in [6.45, 7) is -0.0484. The highest BCUT2D eigenvalue weighted by molar-refractivity contribution is 6.38. The maximum atomic E-state index is 13.4. The quantitative estimate of drug-likeness (QED) is 0.638. The summed E-state index contributed by atoms with van der Waals surface area (Å²) in [6, 6.07) is 3.25. The third-order valence-corrected chi connectivity index (χ3v) is 8.37. The molecule has 33 heavy (non-hydrogen) atoms. The molecule has 2 bridgehead atoms. The van der Waals surface area contributed by atoms with Gasteiger partial charge in [0.25, 0.3) is 5.91 Å². The zero-order valence-corrected chi connectivity index (χ0v) is 18.3. The van der Waals surface area contributed by atoms with Crippen LogP contribution < -0.4 is 14.4 Å². The predicted octanol–water partition coefficient (Wildman–Crippen LogP) is 0.566. The number of ether oxygens (including phenoxy) is 3. The third kappa shape index (κ3) is 2.41. The van der Waals surface area contributed by atoms with E-state index in [1.54, 1.807) is 23.0 Å². The second kappa shape index (κ2) is 6.69. The number of anilines is 1. The molecule has 1 aromatic rings. The molecule has 0 unspecified atom stereocenters. The molecule has 0 radical (unpaired) electrons. The molecule has 0 aromatic heterocycles. The predicted molar refractivity (Wildman–Crippen MR) is 111 cm³/mol. The van der Waals surface area contributed by atoms with Crippen LogP contribution in [0.1, 0.15) is 30.7 Å². The minimum atomic E-state index is -1.14. The number of amides is 2. The van der Waals surface area contributed by atoms with Gasteiger partial charge in [-0.1, -0.05) is 0 Å². The van der Waals surface area contributed by atoms with E-state index in [4.69, 9.17) is 19.3 Å². The van der Waals surface area contributed by atoms with Gasteiger partial charge < -0.3 is 29.1 Å². The van der Waals surface area contributed by atoms with Gasteiger partial charge in [0.2, 0.25) is 11.7 Å². The molecule has 6 atom stereocenters. The van der Waals surface area contributed by atoms with Crippen LogP contribution in [0.15, 0.2) is 12.1 Å². The summed E-state index contributed by atoms with van der Waals surface area (Å²) in [5.74, 6) is -2.56. The molecule has 1 aromatic carbocycles. The van der Waals surface area contributed by atoms with Crippen LogP contribution in [-0.4, -0.2) is 78.6 Å². The van der Waals surface area contributed by atoms with E-state index in [9.17, 15) is 19.2 Å². The number of ketones is 1. The van der Waals surface area contributed by atoms with Crippen LogP contribution in [0.2, 0.25) is 0 Å². The Labute approximate surface area is 189 Å². The van der Waals surface area contributed by atoms with Crippen molar-refractivity contribution in [2.24, 2.45) is 11.8 Å². The number of carboxylic acid groups (broad SMARTS) is 1. The van der Waals surface area contributed by atoms with Crippen molar-refractivity contribution in [3.8, 4) is 11.5 Å². The number of nitrogens with zero attached hydrogens (tertiary/aromatic N) is 2. The average Bonchev–Trinajstić information content (AvgIpc) is 3.12. The standard InChI is InChI=1S/C23H24N2O8/c1-31-13-5-10-12(6-14(13)32-2)25-16(26)7-15(33-9-17(27)28)18-11-8-23(19(10)20(18)25)3-4-24(23)22(30)21(11)29/h5-6,11,15,18-20H,3-4,7-9H2,1-2H3,(H,27,28)/t11-,15+,18+,19-,20-,23-/m0/s1. The van der Waals surface area contributed by atoms with Gasteiger partial charge in [-0.3, -0.25) is 14.4 Å². The van der Waals surface area contributed by atoms with E-state index < -0.39 is 53.8 Å². The lowest BCUT2D eigenvalue weighted by molar-refractivity contribution is -0.188. The summed E-state index contributed by atoms with van der Waals surface area (Å²) in [4.78, 5) is 54.2. The van der Waals surface area contributed by atoms with Gasteiger partial charge in [-0.15, -0.1) is 0 Å². The molecule has 174 valence electrons. The summed E-state index contributed by atoms with van der Waals surface area (Å²) in [7, 11) is 3.07. The minimum absolute atomic E-state index is 0.0519. The maximum absolute atomic E-state index is 13.4. The normalized spacial score (nSPS) is 35.5. The Kier molecular flexibility index (Phi) is 4.15. The zero-order chi connectivity index (χ0) is 23.2. The van der Waals surface area contributed by atoms with Crippen molar-refractivity contribution in [2.45, 2.75) is 42.9 Å². The SMILES string of the molecule is COc1cc2c(cc1OC)N1C(=O)C[C@@H](OCC(=O)O)[C@@H]3[C@H]1[C@H]2[C@@]12CCN1C(=O)C(=O)[C@H]3C2. The Balaban J connectivity index is 1.55. The van der Waals surface area contributed by atoms with Crippen LogP contribution in [0.3, 0.4) is 0 Å². The van der Waals surface area contributed by atoms with E-state index in [0.717, 1.165) is 12.0 Å². The van der Waals surface area contributed by atoms with Crippen LogP contribution in [0, 0.1) is 11.8 Å². The summed E-state index contributed by atoms with van der Waals surface area (Å²) in [6.07, 6.45) is 0.434. The number of Topliss-reactive ketones (excluding diaryl/α,β-unsaturated/α-hetero) is 1. The van der Waals surface area contributed by atoms with Gasteiger partial charge in [0.15, 0.2) is 11.5 Å². The van der Waals surface area contributed by atoms with Crippen LogP contribution in [-0.2, 0) is 23.9 Å². The Bertz CT molecular complexity index is 1120. The molecule has 6 rings (SSSR count). The topological polar surface area (TPSA) is 123 Å². The van der Waals surface area contributed by atoms with Crippen molar-refractivity contribution < 1.29 is 38.5 Å². The monoisotopic (exact) mass is 456 g/mol. The van der Waals surface area contributed by atoms with Gasteiger partial charge in [0.05, 0.1) is 44.0 Å². The molecule has 4 aliphatic heterocycles. The lowest BCUT2D eigenvalue weighted by Gasteiger charge is -2.66. The Morgan fingerprint density at radius 1 is 1.18 bits per heavy atom. The van der Waals surface area contributed by atoms with E-state index in [2.05, 4.69) is 0 Å². The third-order valence-electron chi connectivity index (χ3n) is 8.37. The first kappa shape index (κ1) is 20.5. The molecule has 10 heteroatoms. The van der Waals surface area contributed by atoms with E-state index in [0.29, 0.717) is 30.2 Å². The first-order chi connectivity index (χ1) is 15.8. The fourth-order valence-electron chi connectivity index (χ4n) is 7.16. The number of benzene rings is 1. The lowest BCUT2D eigenvalue weighted by Crippen LogP contribution is -2.78. The summed E-state index contributed by atoms with van der Waals surface area (Å²) >= 11 is 0. The average molecular weight is 456 g/mol. The van der Waals surface area contributed by atoms with Crippen LogP contribution in [0.25, 0.3) is 0 Å². The van der Waals surface area contributed by atoms with Gasteiger partial charge in [-0.25, -0.2) is 4.79 Å². The van der Waals surface area contributed by atoms with Gasteiger partial charge in [-0.05, 0) is 24.5 Å². The van der Waals surface area contributed by atoms with E-state index in [1.807, 2.05) is 6.07 Å². The highest BCUT2D eigenvalue weighted by Gasteiger charge is 2.72. The molecular weight excluding hydrogens is 432 g/mol. The van der Waals surface area contributed by atoms with Crippen molar-refractivity contribution in [3.05, 3.63) is 17.7 Å². The molecule has 1 spiro atoms. The number of carbonyl (C=O) groups excluding carboxylic acids is 3. The number of hydrogen-bond donors (Lipinski definition) is 1. The molecule has 10 nitrogen and oxygen atoms in total.